The molecule has 176 valence electrons. The molecule has 1 aliphatic rings. The van der Waals surface area contributed by atoms with Gasteiger partial charge in [-0.15, -0.1) is 0 Å². The summed E-state index contributed by atoms with van der Waals surface area (Å²) in [6.07, 6.45) is 6.43. The predicted molar refractivity (Wildman–Crippen MR) is 128 cm³/mol. The lowest BCUT2D eigenvalue weighted by molar-refractivity contribution is 0.0578. The van der Waals surface area contributed by atoms with Crippen molar-refractivity contribution < 1.29 is 14.2 Å². The summed E-state index contributed by atoms with van der Waals surface area (Å²) in [5.74, 6) is 0.259. The quantitative estimate of drug-likeness (QED) is 0.328. The second-order valence-electron chi connectivity index (χ2n) is 8.89. The molecule has 0 saturated heterocycles. The molecular formula is C23H25FN8O2. The van der Waals surface area contributed by atoms with Gasteiger partial charge in [0.1, 0.15) is 12.3 Å². The molecule has 4 heterocycles. The predicted octanol–water partition coefficient (Wildman–Crippen LogP) is 3.24. The summed E-state index contributed by atoms with van der Waals surface area (Å²) in [5, 5.41) is 21.0. The summed E-state index contributed by atoms with van der Waals surface area (Å²) in [4.78, 5) is 13.2. The summed E-state index contributed by atoms with van der Waals surface area (Å²) in [6.45, 7) is 6.81. The minimum Gasteiger partial charge on any atom is -0.474 e. The first-order chi connectivity index (χ1) is 16.2. The highest BCUT2D eigenvalue weighted by atomic mass is 19.1. The maximum Gasteiger partial charge on any atom is 0.237 e. The maximum absolute atomic E-state index is 15.3. The van der Waals surface area contributed by atoms with Crippen molar-refractivity contribution in [2.75, 3.05) is 29.5 Å². The summed E-state index contributed by atoms with van der Waals surface area (Å²) >= 11 is 0. The number of fused-ring (bicyclic) bond motifs is 2. The van der Waals surface area contributed by atoms with Gasteiger partial charge in [-0.2, -0.15) is 5.10 Å². The van der Waals surface area contributed by atoms with Crippen LogP contribution in [0.15, 0.2) is 30.9 Å². The number of pyridine rings is 1. The average Bonchev–Trinajstić information content (AvgIpc) is 3.22. The largest absolute Gasteiger partial charge is 0.474 e. The van der Waals surface area contributed by atoms with Crippen LogP contribution >= 0.6 is 0 Å². The van der Waals surface area contributed by atoms with Crippen LogP contribution in [0.1, 0.15) is 19.4 Å². The normalized spacial score (nSPS) is 13.3. The van der Waals surface area contributed by atoms with Crippen LogP contribution in [-0.2, 0) is 6.54 Å². The van der Waals surface area contributed by atoms with Crippen LogP contribution in [0.4, 0.5) is 27.4 Å². The zero-order chi connectivity index (χ0) is 24.0. The molecule has 0 radical (unpaired) electrons. The number of halogens is 1. The molecule has 5 rings (SSSR count). The summed E-state index contributed by atoms with van der Waals surface area (Å²) in [5.41, 5.74) is 8.80. The number of hydrogen-bond donors (Lipinski definition) is 4. The van der Waals surface area contributed by atoms with Crippen LogP contribution in [0.3, 0.4) is 0 Å². The number of nitrogen functional groups attached to an aromatic ring is 1. The lowest BCUT2D eigenvalue weighted by Gasteiger charge is -2.22. The van der Waals surface area contributed by atoms with E-state index in [2.05, 4.69) is 30.7 Å². The molecule has 3 aromatic heterocycles. The van der Waals surface area contributed by atoms with E-state index in [0.717, 1.165) is 11.3 Å². The van der Waals surface area contributed by atoms with E-state index in [1.165, 1.54) is 6.20 Å². The van der Waals surface area contributed by atoms with Crippen molar-refractivity contribution in [3.63, 3.8) is 0 Å². The Morgan fingerprint density at radius 2 is 2.09 bits per heavy atom. The first-order valence-electron chi connectivity index (χ1n) is 10.8. The van der Waals surface area contributed by atoms with Crippen LogP contribution in [-0.4, -0.2) is 48.6 Å². The zero-order valence-corrected chi connectivity index (χ0v) is 19.1. The molecule has 1 aromatic carbocycles. The van der Waals surface area contributed by atoms with Crippen molar-refractivity contribution in [3.8, 4) is 17.0 Å². The van der Waals surface area contributed by atoms with E-state index in [9.17, 15) is 5.11 Å². The van der Waals surface area contributed by atoms with Crippen LogP contribution in [0, 0.1) is 12.7 Å². The van der Waals surface area contributed by atoms with Crippen molar-refractivity contribution in [3.05, 3.63) is 42.2 Å². The Morgan fingerprint density at radius 1 is 1.26 bits per heavy atom. The molecule has 0 unspecified atom stereocenters. The number of nitrogens with two attached hydrogens (primary N) is 1. The third kappa shape index (κ3) is 4.05. The van der Waals surface area contributed by atoms with Crippen molar-refractivity contribution >= 4 is 33.9 Å². The Balaban J connectivity index is 1.52. The second-order valence-corrected chi connectivity index (χ2v) is 8.89. The highest BCUT2D eigenvalue weighted by Gasteiger charge is 2.21. The van der Waals surface area contributed by atoms with Crippen molar-refractivity contribution in [2.45, 2.75) is 32.9 Å². The molecule has 0 amide bonds. The second kappa shape index (κ2) is 8.10. The molecule has 1 aliphatic heterocycles. The third-order valence-corrected chi connectivity index (χ3v) is 5.54. The number of ether oxygens (including phenoxy) is 1. The third-order valence-electron chi connectivity index (χ3n) is 5.54. The number of nitrogens with zero attached hydrogens (tertiary/aromatic N) is 5. The average molecular weight is 465 g/mol. The lowest BCUT2D eigenvalue weighted by atomic mass is 9.98. The monoisotopic (exact) mass is 464 g/mol. The van der Waals surface area contributed by atoms with Gasteiger partial charge in [-0.25, -0.2) is 19.3 Å². The fraction of sp³-hybridized carbons (Fsp3) is 0.304. The lowest BCUT2D eigenvalue weighted by Crippen LogP contribution is -2.26. The molecule has 5 N–H and O–H groups in total. The summed E-state index contributed by atoms with van der Waals surface area (Å²) in [7, 11) is 0. The molecule has 0 bridgehead atoms. The van der Waals surface area contributed by atoms with Gasteiger partial charge in [0, 0.05) is 41.6 Å². The summed E-state index contributed by atoms with van der Waals surface area (Å²) in [6, 6.07) is 1.64. The van der Waals surface area contributed by atoms with E-state index < -0.39 is 11.4 Å². The van der Waals surface area contributed by atoms with E-state index in [4.69, 9.17) is 10.5 Å². The number of anilines is 4. The molecule has 0 aliphatic carbocycles. The van der Waals surface area contributed by atoms with Gasteiger partial charge in [0.2, 0.25) is 11.8 Å². The number of nitrogens with one attached hydrogen (secondary N) is 2. The number of hydrogen-bond acceptors (Lipinski definition) is 9. The molecule has 0 atom stereocenters. The molecule has 4 aromatic rings. The minimum atomic E-state index is -0.897. The molecule has 34 heavy (non-hydrogen) atoms. The van der Waals surface area contributed by atoms with Gasteiger partial charge in [-0.1, -0.05) is 0 Å². The highest BCUT2D eigenvalue weighted by Crippen LogP contribution is 2.39. The molecular weight excluding hydrogens is 439 g/mol. The Hall–Kier alpha value is -3.99. The highest BCUT2D eigenvalue weighted by molar-refractivity contribution is 5.96. The zero-order valence-electron chi connectivity index (χ0n) is 19.1. The fourth-order valence-electron chi connectivity index (χ4n) is 3.96. The molecule has 0 spiro atoms. The van der Waals surface area contributed by atoms with E-state index in [1.807, 2.05) is 6.92 Å². The van der Waals surface area contributed by atoms with Crippen molar-refractivity contribution in [1.82, 2.24) is 24.7 Å². The first-order valence-corrected chi connectivity index (χ1v) is 10.8. The first kappa shape index (κ1) is 21.8. The van der Waals surface area contributed by atoms with Gasteiger partial charge in [-0.05, 0) is 32.4 Å². The van der Waals surface area contributed by atoms with Crippen molar-refractivity contribution in [2.24, 2.45) is 0 Å². The van der Waals surface area contributed by atoms with E-state index in [0.29, 0.717) is 59.2 Å². The number of rotatable bonds is 5. The van der Waals surface area contributed by atoms with Gasteiger partial charge < -0.3 is 26.2 Å². The van der Waals surface area contributed by atoms with Crippen LogP contribution in [0.2, 0.25) is 0 Å². The number of benzene rings is 1. The Bertz CT molecular complexity index is 1400. The van der Waals surface area contributed by atoms with Crippen molar-refractivity contribution in [1.29, 1.82) is 0 Å². The van der Waals surface area contributed by atoms with E-state index in [-0.39, 0.29) is 5.69 Å². The smallest absolute Gasteiger partial charge is 0.237 e. The van der Waals surface area contributed by atoms with Gasteiger partial charge >= 0.3 is 0 Å². The van der Waals surface area contributed by atoms with Gasteiger partial charge in [0.05, 0.1) is 35.2 Å². The Morgan fingerprint density at radius 3 is 2.88 bits per heavy atom. The van der Waals surface area contributed by atoms with Gasteiger partial charge in [-0.3, -0.25) is 4.68 Å². The molecule has 0 saturated carbocycles. The van der Waals surface area contributed by atoms with Gasteiger partial charge in [0.25, 0.3) is 0 Å². The molecule has 0 fully saturated rings. The van der Waals surface area contributed by atoms with E-state index >= 15 is 4.39 Å². The fourth-order valence-corrected chi connectivity index (χ4v) is 3.96. The van der Waals surface area contributed by atoms with Crippen LogP contribution < -0.4 is 21.1 Å². The maximum atomic E-state index is 15.3. The van der Waals surface area contributed by atoms with Crippen LogP contribution in [0.5, 0.6) is 5.88 Å². The Kier molecular flexibility index (Phi) is 5.20. The SMILES string of the molecule is Cc1c(-c2cc3nc(Nc4cnn(CC(C)(C)O)c4)ncc3c(N)c2F)cnc2c1NCCO2. The Labute approximate surface area is 195 Å². The summed E-state index contributed by atoms with van der Waals surface area (Å²) < 4.78 is 22.5. The van der Waals surface area contributed by atoms with Crippen LogP contribution in [0.25, 0.3) is 22.0 Å². The minimum absolute atomic E-state index is 0.0293. The number of aliphatic hydroxyl groups is 1. The standard InChI is InChI=1S/C23H25FN8O2/c1-12-15(8-27-21-20(12)26-4-5-34-21)14-6-17-16(19(25)18(14)24)9-28-22(31-17)30-13-7-29-32(10-13)11-23(2,3)33/h6-10,26,33H,4-5,11,25H2,1-3H3,(H,28,30,31). The number of aromatic nitrogens is 5. The topological polar surface area (TPSA) is 136 Å². The molecule has 11 heteroatoms. The van der Waals surface area contributed by atoms with E-state index in [1.54, 1.807) is 43.2 Å². The van der Waals surface area contributed by atoms with Gasteiger partial charge in [0.15, 0.2) is 5.82 Å². The molecule has 10 nitrogen and oxygen atoms in total.